The number of aromatic nitrogens is 3. The number of carbonyl (C=O) groups is 1. The lowest BCUT2D eigenvalue weighted by Crippen LogP contribution is -2.12. The number of hydrogen-bond acceptors (Lipinski definition) is 3. The fraction of sp³-hybridized carbons (Fsp3) is 0.0385. The number of carbonyl (C=O) groups excluding carboxylic acids is 1. The zero-order valence-corrected chi connectivity index (χ0v) is 17.0. The maximum atomic E-state index is 12.3. The average Bonchev–Trinajstić information content (AvgIpc) is 3.15. The van der Waals surface area contributed by atoms with E-state index in [1.54, 1.807) is 30.7 Å². The summed E-state index contributed by atoms with van der Waals surface area (Å²) in [5.74, 6) is -0.175. The van der Waals surface area contributed by atoms with E-state index in [9.17, 15) is 4.79 Å². The van der Waals surface area contributed by atoms with E-state index in [0.717, 1.165) is 33.7 Å². The highest BCUT2D eigenvalue weighted by molar-refractivity contribution is 6.04. The third-order valence-electron chi connectivity index (χ3n) is 5.29. The van der Waals surface area contributed by atoms with Crippen LogP contribution >= 0.6 is 0 Å². The molecule has 1 amide bonds. The highest BCUT2D eigenvalue weighted by Crippen LogP contribution is 2.29. The summed E-state index contributed by atoms with van der Waals surface area (Å²) < 4.78 is 2.22. The van der Waals surface area contributed by atoms with Crippen LogP contribution in [0.15, 0.2) is 97.6 Å². The molecular formula is C26H20N4O. The van der Waals surface area contributed by atoms with Gasteiger partial charge >= 0.3 is 0 Å². The summed E-state index contributed by atoms with van der Waals surface area (Å²) in [4.78, 5) is 20.6. The van der Waals surface area contributed by atoms with Crippen molar-refractivity contribution < 1.29 is 4.79 Å². The third-order valence-corrected chi connectivity index (χ3v) is 5.29. The van der Waals surface area contributed by atoms with Crippen LogP contribution in [-0.4, -0.2) is 20.4 Å². The molecule has 2 aromatic carbocycles. The second kappa shape index (κ2) is 7.88. The standard InChI is InChI=1S/C26H20N4O/c1-18-14-22-15-19(20-4-2-12-27-16-20)6-11-25(22)30(18)24-9-7-23(8-10-24)29-26(31)21-5-3-13-28-17-21/h2-17H,1H3,(H,29,31). The Morgan fingerprint density at radius 2 is 1.61 bits per heavy atom. The lowest BCUT2D eigenvalue weighted by molar-refractivity contribution is 0.102. The SMILES string of the molecule is Cc1cc2cc(-c3cccnc3)ccc2n1-c1ccc(NC(=O)c2cccnc2)cc1. The van der Waals surface area contributed by atoms with Crippen molar-refractivity contribution in [1.29, 1.82) is 0 Å². The van der Waals surface area contributed by atoms with Crippen molar-refractivity contribution in [1.82, 2.24) is 14.5 Å². The summed E-state index contributed by atoms with van der Waals surface area (Å²) in [6.07, 6.45) is 6.86. The number of rotatable bonds is 4. The van der Waals surface area contributed by atoms with Crippen LogP contribution in [-0.2, 0) is 0 Å². The van der Waals surface area contributed by atoms with Gasteiger partial charge < -0.3 is 9.88 Å². The molecule has 0 fully saturated rings. The van der Waals surface area contributed by atoms with Gasteiger partial charge in [-0.25, -0.2) is 0 Å². The van der Waals surface area contributed by atoms with Crippen molar-refractivity contribution in [2.45, 2.75) is 6.92 Å². The Labute approximate surface area is 180 Å². The monoisotopic (exact) mass is 404 g/mol. The number of hydrogen-bond donors (Lipinski definition) is 1. The maximum absolute atomic E-state index is 12.3. The molecule has 3 heterocycles. The lowest BCUT2D eigenvalue weighted by atomic mass is 10.1. The Bertz CT molecular complexity index is 1360. The molecule has 0 unspecified atom stereocenters. The summed E-state index contributed by atoms with van der Waals surface area (Å²) >= 11 is 0. The predicted octanol–water partition coefficient (Wildman–Crippen LogP) is 5.65. The maximum Gasteiger partial charge on any atom is 0.257 e. The van der Waals surface area contributed by atoms with Crippen LogP contribution in [0.25, 0.3) is 27.7 Å². The van der Waals surface area contributed by atoms with Crippen LogP contribution in [0.3, 0.4) is 0 Å². The summed E-state index contributed by atoms with van der Waals surface area (Å²) in [6.45, 7) is 2.10. The topological polar surface area (TPSA) is 59.8 Å². The van der Waals surface area contributed by atoms with E-state index < -0.39 is 0 Å². The smallest absolute Gasteiger partial charge is 0.257 e. The molecule has 0 saturated carbocycles. The van der Waals surface area contributed by atoms with Gasteiger partial charge in [-0.15, -0.1) is 0 Å². The van der Waals surface area contributed by atoms with Gasteiger partial charge in [0.15, 0.2) is 0 Å². The van der Waals surface area contributed by atoms with Crippen LogP contribution in [0.2, 0.25) is 0 Å². The molecule has 0 spiro atoms. The first kappa shape index (κ1) is 18.8. The molecule has 5 rings (SSSR count). The molecule has 31 heavy (non-hydrogen) atoms. The minimum absolute atomic E-state index is 0.175. The molecule has 5 heteroatoms. The number of benzene rings is 2. The van der Waals surface area contributed by atoms with Crippen LogP contribution in [0.1, 0.15) is 16.1 Å². The van der Waals surface area contributed by atoms with E-state index in [2.05, 4.69) is 57.1 Å². The largest absolute Gasteiger partial charge is 0.322 e. The van der Waals surface area contributed by atoms with E-state index in [1.165, 1.54) is 5.39 Å². The second-order valence-corrected chi connectivity index (χ2v) is 7.38. The fourth-order valence-electron chi connectivity index (χ4n) is 3.80. The van der Waals surface area contributed by atoms with Crippen LogP contribution in [0, 0.1) is 6.92 Å². The van der Waals surface area contributed by atoms with Gasteiger partial charge in [-0.3, -0.25) is 14.8 Å². The Morgan fingerprint density at radius 1 is 0.839 bits per heavy atom. The first-order chi connectivity index (χ1) is 15.2. The molecule has 1 N–H and O–H groups in total. The average molecular weight is 404 g/mol. The first-order valence-electron chi connectivity index (χ1n) is 10.0. The van der Waals surface area contributed by atoms with Gasteiger partial charge in [-0.1, -0.05) is 12.1 Å². The molecule has 5 aromatic rings. The molecule has 0 aliphatic heterocycles. The minimum atomic E-state index is -0.175. The van der Waals surface area contributed by atoms with Crippen molar-refractivity contribution in [3.05, 3.63) is 109 Å². The molecule has 150 valence electrons. The van der Waals surface area contributed by atoms with Gasteiger partial charge in [-0.2, -0.15) is 0 Å². The predicted molar refractivity (Wildman–Crippen MR) is 123 cm³/mol. The Morgan fingerprint density at radius 3 is 2.32 bits per heavy atom. The first-order valence-corrected chi connectivity index (χ1v) is 10.0. The molecule has 0 bridgehead atoms. The quantitative estimate of drug-likeness (QED) is 0.421. The number of anilines is 1. The van der Waals surface area contributed by atoms with Crippen molar-refractivity contribution in [2.24, 2.45) is 0 Å². The number of aryl methyl sites for hydroxylation is 1. The summed E-state index contributed by atoms with van der Waals surface area (Å²) in [7, 11) is 0. The van der Waals surface area contributed by atoms with Gasteiger partial charge in [0.05, 0.1) is 11.1 Å². The van der Waals surface area contributed by atoms with E-state index in [4.69, 9.17) is 0 Å². The van der Waals surface area contributed by atoms with Crippen LogP contribution < -0.4 is 5.32 Å². The van der Waals surface area contributed by atoms with Gasteiger partial charge in [-0.05, 0) is 73.2 Å². The Balaban J connectivity index is 1.44. The van der Waals surface area contributed by atoms with Crippen molar-refractivity contribution in [2.75, 3.05) is 5.32 Å². The minimum Gasteiger partial charge on any atom is -0.322 e. The van der Waals surface area contributed by atoms with Crippen molar-refractivity contribution >= 4 is 22.5 Å². The number of amides is 1. The lowest BCUT2D eigenvalue weighted by Gasteiger charge is -2.11. The molecule has 0 aliphatic rings. The van der Waals surface area contributed by atoms with Gasteiger partial charge in [0.2, 0.25) is 0 Å². The number of nitrogens with one attached hydrogen (secondary N) is 1. The molecule has 0 atom stereocenters. The van der Waals surface area contributed by atoms with Crippen LogP contribution in [0.5, 0.6) is 0 Å². The van der Waals surface area contributed by atoms with Gasteiger partial charge in [0.25, 0.3) is 5.91 Å². The summed E-state index contributed by atoms with van der Waals surface area (Å²) in [5, 5.41) is 4.09. The Kier molecular flexibility index (Phi) is 4.77. The van der Waals surface area contributed by atoms with E-state index in [0.29, 0.717) is 5.56 Å². The van der Waals surface area contributed by atoms with E-state index in [1.807, 2.05) is 36.5 Å². The van der Waals surface area contributed by atoms with Crippen molar-refractivity contribution in [3.8, 4) is 16.8 Å². The van der Waals surface area contributed by atoms with Crippen LogP contribution in [0.4, 0.5) is 5.69 Å². The molecular weight excluding hydrogens is 384 g/mol. The zero-order valence-electron chi connectivity index (χ0n) is 17.0. The molecule has 0 saturated heterocycles. The molecule has 0 radical (unpaired) electrons. The summed E-state index contributed by atoms with van der Waals surface area (Å²) in [5.41, 5.74) is 6.84. The molecule has 5 nitrogen and oxygen atoms in total. The zero-order chi connectivity index (χ0) is 21.2. The second-order valence-electron chi connectivity index (χ2n) is 7.38. The normalized spacial score (nSPS) is 10.9. The van der Waals surface area contributed by atoms with Gasteiger partial charge in [0.1, 0.15) is 0 Å². The molecule has 3 aromatic heterocycles. The third kappa shape index (κ3) is 3.69. The number of pyridine rings is 2. The summed E-state index contributed by atoms with van der Waals surface area (Å²) in [6, 6.07) is 24.0. The highest BCUT2D eigenvalue weighted by atomic mass is 16.1. The van der Waals surface area contributed by atoms with Gasteiger partial charge in [0, 0.05) is 52.8 Å². The highest BCUT2D eigenvalue weighted by Gasteiger charge is 2.10. The van der Waals surface area contributed by atoms with E-state index in [-0.39, 0.29) is 5.91 Å². The van der Waals surface area contributed by atoms with E-state index >= 15 is 0 Å². The fourth-order valence-corrected chi connectivity index (χ4v) is 3.80. The number of fused-ring (bicyclic) bond motifs is 1. The Hall–Kier alpha value is -4.25. The number of nitrogens with zero attached hydrogens (tertiary/aromatic N) is 3. The molecule has 0 aliphatic carbocycles. The van der Waals surface area contributed by atoms with Crippen molar-refractivity contribution in [3.63, 3.8) is 0 Å².